The van der Waals surface area contributed by atoms with Crippen molar-refractivity contribution in [3.05, 3.63) is 59.2 Å². The molecule has 0 aliphatic carbocycles. The second-order valence-electron chi connectivity index (χ2n) is 7.56. The summed E-state index contributed by atoms with van der Waals surface area (Å²) >= 11 is 0. The Hall–Kier alpha value is -3.06. The zero-order chi connectivity index (χ0) is 23.2. The number of nitrogens with one attached hydrogen (secondary N) is 3. The number of carbonyl (C=O) groups excluding carboxylic acids is 1. The van der Waals surface area contributed by atoms with Crippen LogP contribution in [0.25, 0.3) is 0 Å². The Morgan fingerprint density at radius 2 is 1.84 bits per heavy atom. The Labute approximate surface area is 191 Å². The first kappa shape index (κ1) is 25.2. The monoisotopic (exact) mass is 440 g/mol. The number of aliphatic imine (C=N–C) groups is 1. The predicted molar refractivity (Wildman–Crippen MR) is 130 cm³/mol. The van der Waals surface area contributed by atoms with Crippen molar-refractivity contribution in [2.45, 2.75) is 40.2 Å². The van der Waals surface area contributed by atoms with Crippen molar-refractivity contribution in [3.8, 4) is 5.75 Å². The van der Waals surface area contributed by atoms with Crippen molar-refractivity contribution >= 4 is 17.6 Å². The van der Waals surface area contributed by atoms with Crippen LogP contribution in [-0.2, 0) is 22.5 Å². The number of hydrogen-bond donors (Lipinski definition) is 3. The molecule has 7 nitrogen and oxygen atoms in total. The van der Waals surface area contributed by atoms with Crippen LogP contribution in [0.15, 0.2) is 47.5 Å². The normalized spacial score (nSPS) is 11.2. The lowest BCUT2D eigenvalue weighted by atomic mass is 10.1. The molecule has 0 radical (unpaired) electrons. The predicted octanol–water partition coefficient (Wildman–Crippen LogP) is 3.67. The van der Waals surface area contributed by atoms with Crippen molar-refractivity contribution in [2.75, 3.05) is 38.7 Å². The molecule has 2 aromatic carbocycles. The number of amides is 1. The van der Waals surface area contributed by atoms with Crippen LogP contribution in [0.4, 0.5) is 5.69 Å². The average molecular weight is 441 g/mol. The Morgan fingerprint density at radius 1 is 1.06 bits per heavy atom. The van der Waals surface area contributed by atoms with Gasteiger partial charge in [0.25, 0.3) is 0 Å². The summed E-state index contributed by atoms with van der Waals surface area (Å²) in [7, 11) is 1.70. The molecule has 3 N–H and O–H groups in total. The largest absolute Gasteiger partial charge is 0.493 e. The quantitative estimate of drug-likeness (QED) is 0.266. The lowest BCUT2D eigenvalue weighted by Gasteiger charge is -2.14. The van der Waals surface area contributed by atoms with E-state index in [0.29, 0.717) is 19.8 Å². The molecule has 0 fully saturated rings. The molecule has 0 spiro atoms. The van der Waals surface area contributed by atoms with Crippen molar-refractivity contribution in [3.63, 3.8) is 0 Å². The number of methoxy groups -OCH3 is 1. The van der Waals surface area contributed by atoms with Crippen LogP contribution in [-0.4, -0.2) is 45.3 Å². The zero-order valence-electron chi connectivity index (χ0n) is 19.7. The standard InChI is InChI=1S/C25H36N4O3/c1-5-26-25(27-14-13-21-8-11-23(12-9-21)29-20(3)30)28-18-22-10-7-19(2)17-24(22)32-16-6-15-31-4/h7-12,17H,5-6,13-16,18H2,1-4H3,(H,29,30)(H2,26,27,28). The summed E-state index contributed by atoms with van der Waals surface area (Å²) < 4.78 is 11.1. The van der Waals surface area contributed by atoms with Gasteiger partial charge in [-0.25, -0.2) is 4.99 Å². The number of carbonyl (C=O) groups is 1. The van der Waals surface area contributed by atoms with Gasteiger partial charge in [-0.15, -0.1) is 0 Å². The highest BCUT2D eigenvalue weighted by atomic mass is 16.5. The summed E-state index contributed by atoms with van der Waals surface area (Å²) in [6.45, 7) is 8.98. The van der Waals surface area contributed by atoms with Crippen LogP contribution in [0.3, 0.4) is 0 Å². The Bertz CT molecular complexity index is 866. The van der Waals surface area contributed by atoms with Crippen molar-refractivity contribution in [1.29, 1.82) is 0 Å². The number of ether oxygens (including phenoxy) is 2. The molecule has 0 bridgehead atoms. The van der Waals surface area contributed by atoms with Crippen molar-refractivity contribution < 1.29 is 14.3 Å². The first-order valence-corrected chi connectivity index (χ1v) is 11.1. The molecule has 0 unspecified atom stereocenters. The number of nitrogens with zero attached hydrogens (tertiary/aromatic N) is 1. The molecule has 1 amide bonds. The van der Waals surface area contributed by atoms with Gasteiger partial charge in [-0.05, 0) is 49.6 Å². The van der Waals surface area contributed by atoms with E-state index >= 15 is 0 Å². The van der Waals surface area contributed by atoms with Crippen LogP contribution < -0.4 is 20.7 Å². The summed E-state index contributed by atoms with van der Waals surface area (Å²) in [6.07, 6.45) is 1.70. The lowest BCUT2D eigenvalue weighted by Crippen LogP contribution is -2.38. The van der Waals surface area contributed by atoms with E-state index in [1.807, 2.05) is 31.2 Å². The minimum Gasteiger partial charge on any atom is -0.493 e. The first-order valence-electron chi connectivity index (χ1n) is 11.1. The molecule has 0 atom stereocenters. The smallest absolute Gasteiger partial charge is 0.221 e. The van der Waals surface area contributed by atoms with Gasteiger partial charge in [0.2, 0.25) is 5.91 Å². The summed E-state index contributed by atoms with van der Waals surface area (Å²) in [4.78, 5) is 15.9. The van der Waals surface area contributed by atoms with E-state index in [1.165, 1.54) is 12.5 Å². The minimum absolute atomic E-state index is 0.0666. The molecule has 0 heterocycles. The summed E-state index contributed by atoms with van der Waals surface area (Å²) in [5.74, 6) is 1.58. The molecule has 2 rings (SSSR count). The number of anilines is 1. The van der Waals surface area contributed by atoms with Gasteiger partial charge < -0.3 is 25.4 Å². The van der Waals surface area contributed by atoms with Gasteiger partial charge in [0.1, 0.15) is 5.75 Å². The maximum atomic E-state index is 11.1. The molecule has 0 aliphatic rings. The summed E-state index contributed by atoms with van der Waals surface area (Å²) in [5.41, 5.74) is 4.21. The van der Waals surface area contributed by atoms with Gasteiger partial charge >= 0.3 is 0 Å². The van der Waals surface area contributed by atoms with Gasteiger partial charge in [-0.3, -0.25) is 4.79 Å². The van der Waals surface area contributed by atoms with E-state index in [1.54, 1.807) is 7.11 Å². The SMILES string of the molecule is CCNC(=NCc1ccc(C)cc1OCCCOC)NCCc1ccc(NC(C)=O)cc1. The summed E-state index contributed by atoms with van der Waals surface area (Å²) in [6, 6.07) is 14.1. The number of aryl methyl sites for hydroxylation is 1. The van der Waals surface area contributed by atoms with E-state index in [2.05, 4.69) is 41.1 Å². The molecule has 0 saturated carbocycles. The Balaban J connectivity index is 1.92. The summed E-state index contributed by atoms with van der Waals surface area (Å²) in [5, 5.41) is 9.47. The van der Waals surface area contributed by atoms with E-state index in [4.69, 9.17) is 14.5 Å². The molecule has 0 aliphatic heterocycles. The highest BCUT2D eigenvalue weighted by molar-refractivity contribution is 5.88. The van der Waals surface area contributed by atoms with Gasteiger partial charge in [-0.1, -0.05) is 24.3 Å². The number of rotatable bonds is 12. The van der Waals surface area contributed by atoms with E-state index in [9.17, 15) is 4.79 Å². The average Bonchev–Trinajstić information content (AvgIpc) is 2.77. The maximum Gasteiger partial charge on any atom is 0.221 e. The molecule has 32 heavy (non-hydrogen) atoms. The fourth-order valence-corrected chi connectivity index (χ4v) is 3.10. The van der Waals surface area contributed by atoms with Crippen LogP contribution in [0.5, 0.6) is 5.75 Å². The fourth-order valence-electron chi connectivity index (χ4n) is 3.10. The molecular weight excluding hydrogens is 404 g/mol. The van der Waals surface area contributed by atoms with E-state index in [0.717, 1.165) is 54.5 Å². The van der Waals surface area contributed by atoms with Crippen LogP contribution in [0.1, 0.15) is 37.0 Å². The van der Waals surface area contributed by atoms with Crippen molar-refractivity contribution in [2.24, 2.45) is 4.99 Å². The molecule has 0 aromatic heterocycles. The van der Waals surface area contributed by atoms with Gasteiger partial charge in [-0.2, -0.15) is 0 Å². The van der Waals surface area contributed by atoms with Gasteiger partial charge in [0.15, 0.2) is 5.96 Å². The third-order valence-electron chi connectivity index (χ3n) is 4.71. The highest BCUT2D eigenvalue weighted by Gasteiger charge is 2.06. The topological polar surface area (TPSA) is 84.0 Å². The second kappa shape index (κ2) is 14.1. The molecule has 2 aromatic rings. The third kappa shape index (κ3) is 9.39. The van der Waals surface area contributed by atoms with Crippen molar-refractivity contribution in [1.82, 2.24) is 10.6 Å². The molecule has 7 heteroatoms. The molecule has 174 valence electrons. The fraction of sp³-hybridized carbons (Fsp3) is 0.440. The highest BCUT2D eigenvalue weighted by Crippen LogP contribution is 2.21. The lowest BCUT2D eigenvalue weighted by molar-refractivity contribution is -0.114. The zero-order valence-corrected chi connectivity index (χ0v) is 19.7. The number of hydrogen-bond acceptors (Lipinski definition) is 4. The maximum absolute atomic E-state index is 11.1. The van der Waals surface area contributed by atoms with Crippen LogP contribution in [0.2, 0.25) is 0 Å². The van der Waals surface area contributed by atoms with Gasteiger partial charge in [0.05, 0.1) is 13.2 Å². The Morgan fingerprint density at radius 3 is 2.53 bits per heavy atom. The van der Waals surface area contributed by atoms with Crippen LogP contribution in [0, 0.1) is 6.92 Å². The van der Waals surface area contributed by atoms with E-state index in [-0.39, 0.29) is 5.91 Å². The second-order valence-corrected chi connectivity index (χ2v) is 7.56. The number of guanidine groups is 1. The Kier molecular flexibility index (Phi) is 11.1. The molecular formula is C25H36N4O3. The van der Waals surface area contributed by atoms with Gasteiger partial charge in [0, 0.05) is 51.4 Å². The minimum atomic E-state index is -0.0666. The molecule has 0 saturated heterocycles. The van der Waals surface area contributed by atoms with E-state index < -0.39 is 0 Å². The number of benzene rings is 2. The third-order valence-corrected chi connectivity index (χ3v) is 4.71. The van der Waals surface area contributed by atoms with Crippen LogP contribution >= 0.6 is 0 Å². The first-order chi connectivity index (χ1) is 15.5.